The lowest BCUT2D eigenvalue weighted by Crippen LogP contribution is -2.56. The maximum absolute atomic E-state index is 5.32. The Hall–Kier alpha value is -7.31. The molecule has 3 heterocycles. The van der Waals surface area contributed by atoms with Crippen molar-refractivity contribution in [2.45, 2.75) is 0 Å². The molecular weight excluding hydrogens is 737 g/mol. The van der Waals surface area contributed by atoms with Gasteiger partial charge in [0.25, 0.3) is 0 Å². The number of hydrogen-bond donors (Lipinski definition) is 0. The molecular formula is C51H38B5N5. The standard InChI is InChI=1S/C51H38B5N5/c52-43-44(53)46(55)48(47(56)45(43)54)60-39-17-9-7-15-35(39)37-28-42-38(27-41(37)60)36-16-8-10-18-40(36)61(42)51-58-49(33-23-19-31(20-24-33)29-11-3-1-4-12-29)57-50(59-51)34-25-21-32(22-26-34)30-13-5-2-6-14-30/h1-28H,52-56H2. The number of fused-ring (bicyclic) bond motifs is 6. The molecule has 0 spiro atoms. The Balaban J connectivity index is 1.17. The minimum atomic E-state index is 0.574. The van der Waals surface area contributed by atoms with Gasteiger partial charge in [0.2, 0.25) is 5.95 Å². The van der Waals surface area contributed by atoms with E-state index in [1.54, 1.807) is 0 Å². The molecule has 61 heavy (non-hydrogen) atoms. The molecule has 8 aromatic carbocycles. The molecule has 0 saturated heterocycles. The highest BCUT2D eigenvalue weighted by Gasteiger charge is 2.23. The summed E-state index contributed by atoms with van der Waals surface area (Å²) in [5.41, 5.74) is 18.8. The molecule has 0 radical (unpaired) electrons. The smallest absolute Gasteiger partial charge is 0.238 e. The molecule has 0 aliphatic heterocycles. The molecule has 0 atom stereocenters. The summed E-state index contributed by atoms with van der Waals surface area (Å²) in [6.45, 7) is 0. The molecule has 0 unspecified atom stereocenters. The van der Waals surface area contributed by atoms with Crippen LogP contribution >= 0.6 is 0 Å². The topological polar surface area (TPSA) is 48.5 Å². The number of nitrogens with zero attached hydrogens (tertiary/aromatic N) is 5. The van der Waals surface area contributed by atoms with Gasteiger partial charge in [-0.1, -0.05) is 167 Å². The van der Waals surface area contributed by atoms with E-state index in [0.29, 0.717) is 17.6 Å². The van der Waals surface area contributed by atoms with Gasteiger partial charge in [-0.3, -0.25) is 4.57 Å². The van der Waals surface area contributed by atoms with Crippen LogP contribution in [0.5, 0.6) is 0 Å². The molecule has 11 aromatic rings. The second kappa shape index (κ2) is 14.5. The van der Waals surface area contributed by atoms with Crippen molar-refractivity contribution in [3.05, 3.63) is 170 Å². The molecule has 0 aliphatic rings. The second-order valence-electron chi connectivity index (χ2n) is 16.2. The molecule has 0 aliphatic carbocycles. The zero-order chi connectivity index (χ0) is 41.4. The Morgan fingerprint density at radius 1 is 0.295 bits per heavy atom. The van der Waals surface area contributed by atoms with E-state index in [9.17, 15) is 0 Å². The molecule has 10 heteroatoms. The minimum absolute atomic E-state index is 0.574. The zero-order valence-electron chi connectivity index (χ0n) is 34.9. The number of para-hydroxylation sites is 2. The number of hydrogen-bond acceptors (Lipinski definition) is 3. The van der Waals surface area contributed by atoms with Crippen LogP contribution in [0.2, 0.25) is 0 Å². The van der Waals surface area contributed by atoms with E-state index in [1.807, 2.05) is 12.1 Å². The van der Waals surface area contributed by atoms with Crippen LogP contribution in [-0.2, 0) is 0 Å². The fourth-order valence-electron chi connectivity index (χ4n) is 9.31. The van der Waals surface area contributed by atoms with Gasteiger partial charge in [-0.05, 0) is 46.5 Å². The predicted molar refractivity (Wildman–Crippen MR) is 271 cm³/mol. The van der Waals surface area contributed by atoms with Gasteiger partial charge in [0.15, 0.2) is 11.6 Å². The number of benzene rings is 8. The van der Waals surface area contributed by atoms with Gasteiger partial charge in [-0.25, -0.2) is 4.98 Å². The molecule has 5 nitrogen and oxygen atoms in total. The van der Waals surface area contributed by atoms with Crippen LogP contribution in [0.4, 0.5) is 0 Å². The van der Waals surface area contributed by atoms with E-state index in [4.69, 9.17) is 15.0 Å². The van der Waals surface area contributed by atoms with E-state index >= 15 is 0 Å². The summed E-state index contributed by atoms with van der Waals surface area (Å²) in [5.74, 6) is 1.81. The molecule has 3 aromatic heterocycles. The first-order valence-electron chi connectivity index (χ1n) is 21.0. The molecule has 0 fully saturated rings. The van der Waals surface area contributed by atoms with Gasteiger partial charge < -0.3 is 4.57 Å². The second-order valence-corrected chi connectivity index (χ2v) is 16.2. The lowest BCUT2D eigenvalue weighted by molar-refractivity contribution is 0.954. The maximum Gasteiger partial charge on any atom is 0.238 e. The van der Waals surface area contributed by atoms with E-state index in [-0.39, 0.29) is 0 Å². The van der Waals surface area contributed by atoms with Gasteiger partial charge in [0, 0.05) is 38.4 Å². The van der Waals surface area contributed by atoms with Gasteiger partial charge in [0.05, 0.1) is 22.1 Å². The molecule has 0 amide bonds. The van der Waals surface area contributed by atoms with Crippen molar-refractivity contribution in [3.63, 3.8) is 0 Å². The van der Waals surface area contributed by atoms with Crippen LogP contribution in [0, 0.1) is 0 Å². The van der Waals surface area contributed by atoms with Gasteiger partial charge >= 0.3 is 0 Å². The summed E-state index contributed by atoms with van der Waals surface area (Å²) < 4.78 is 4.73. The Bertz CT molecular complexity index is 3380. The van der Waals surface area contributed by atoms with E-state index in [1.165, 1.54) is 65.9 Å². The summed E-state index contributed by atoms with van der Waals surface area (Å²) in [6, 6.07) is 60.1. The lowest BCUT2D eigenvalue weighted by Gasteiger charge is -2.22. The average molecular weight is 775 g/mol. The lowest BCUT2D eigenvalue weighted by atomic mass is 9.61. The predicted octanol–water partition coefficient (Wildman–Crippen LogP) is 4.03. The highest BCUT2D eigenvalue weighted by molar-refractivity contribution is 6.68. The third kappa shape index (κ3) is 5.96. The van der Waals surface area contributed by atoms with E-state index in [0.717, 1.165) is 44.1 Å². The number of rotatable bonds is 6. The van der Waals surface area contributed by atoms with Gasteiger partial charge in [-0.2, -0.15) is 9.97 Å². The minimum Gasteiger partial charge on any atom is -0.310 e. The quantitative estimate of drug-likeness (QED) is 0.240. The van der Waals surface area contributed by atoms with Crippen LogP contribution in [-0.4, -0.2) is 63.3 Å². The fraction of sp³-hybridized carbons (Fsp3) is 0. The van der Waals surface area contributed by atoms with Gasteiger partial charge in [-0.15, -0.1) is 5.46 Å². The monoisotopic (exact) mass is 775 g/mol. The molecule has 282 valence electrons. The van der Waals surface area contributed by atoms with Crippen LogP contribution in [0.3, 0.4) is 0 Å². The molecule has 11 rings (SSSR count). The van der Waals surface area contributed by atoms with Crippen LogP contribution < -0.4 is 27.3 Å². The largest absolute Gasteiger partial charge is 0.310 e. The van der Waals surface area contributed by atoms with E-state index in [2.05, 4.69) is 206 Å². The molecule has 0 saturated carbocycles. The van der Waals surface area contributed by atoms with Crippen LogP contribution in [0.25, 0.3) is 100 Å². The first-order chi connectivity index (χ1) is 29.8. The van der Waals surface area contributed by atoms with Crippen molar-refractivity contribution >= 4 is 110 Å². The summed E-state index contributed by atoms with van der Waals surface area (Å²) in [7, 11) is 11.3. The average Bonchev–Trinajstić information content (AvgIpc) is 3.82. The highest BCUT2D eigenvalue weighted by atomic mass is 15.2. The zero-order valence-corrected chi connectivity index (χ0v) is 34.9. The van der Waals surface area contributed by atoms with Crippen LogP contribution in [0.1, 0.15) is 0 Å². The van der Waals surface area contributed by atoms with Gasteiger partial charge in [0.1, 0.15) is 39.2 Å². The van der Waals surface area contributed by atoms with Crippen molar-refractivity contribution in [1.29, 1.82) is 0 Å². The first-order valence-corrected chi connectivity index (χ1v) is 21.0. The third-order valence-electron chi connectivity index (χ3n) is 13.0. The summed E-state index contributed by atoms with van der Waals surface area (Å²) >= 11 is 0. The van der Waals surface area contributed by atoms with Crippen molar-refractivity contribution < 1.29 is 0 Å². The van der Waals surface area contributed by atoms with Crippen molar-refractivity contribution in [2.75, 3.05) is 0 Å². The third-order valence-corrected chi connectivity index (χ3v) is 13.0. The van der Waals surface area contributed by atoms with Crippen LogP contribution in [0.15, 0.2) is 170 Å². The molecule has 0 bridgehead atoms. The Labute approximate surface area is 359 Å². The normalized spacial score (nSPS) is 11.6. The maximum atomic E-state index is 5.32. The van der Waals surface area contributed by atoms with E-state index < -0.39 is 0 Å². The van der Waals surface area contributed by atoms with Crippen molar-refractivity contribution in [1.82, 2.24) is 24.1 Å². The Morgan fingerprint density at radius 3 is 1.13 bits per heavy atom. The fourth-order valence-corrected chi connectivity index (χ4v) is 9.31. The summed E-state index contributed by atoms with van der Waals surface area (Å²) in [5, 5.41) is 4.68. The first kappa shape index (κ1) is 36.8. The highest BCUT2D eigenvalue weighted by Crippen LogP contribution is 2.39. The Morgan fingerprint density at radius 2 is 0.656 bits per heavy atom. The number of aromatic nitrogens is 5. The van der Waals surface area contributed by atoms with Crippen molar-refractivity contribution in [2.24, 2.45) is 0 Å². The van der Waals surface area contributed by atoms with Crippen molar-refractivity contribution in [3.8, 4) is 56.7 Å². The SMILES string of the molecule is Bc1c(B)c(B)c(-n2c3ccccc3c3cc4c(cc32)c2ccccc2n4-c2nc(-c3ccc(-c4ccccc4)cc3)nc(-c3ccc(-c4ccccc4)cc3)n2)c(B)c1B. The Kier molecular flexibility index (Phi) is 8.71. The summed E-state index contributed by atoms with van der Waals surface area (Å²) in [6.07, 6.45) is 0. The summed E-state index contributed by atoms with van der Waals surface area (Å²) in [4.78, 5) is 15.8. The molecule has 0 N–H and O–H groups in total.